The average Bonchev–Trinajstić information content (AvgIpc) is 2.89. The number of esters is 1. The number of anilines is 1. The van der Waals surface area contributed by atoms with Crippen LogP contribution in [-0.4, -0.2) is 48.2 Å². The zero-order valence-corrected chi connectivity index (χ0v) is 16.5. The molecule has 0 bridgehead atoms. The lowest BCUT2D eigenvalue weighted by Crippen LogP contribution is -2.36. The van der Waals surface area contributed by atoms with E-state index in [0.29, 0.717) is 28.3 Å². The predicted molar refractivity (Wildman–Crippen MR) is 104 cm³/mol. The van der Waals surface area contributed by atoms with Crippen LogP contribution in [0.3, 0.4) is 0 Å². The molecular formula is C21H22N2O6. The summed E-state index contributed by atoms with van der Waals surface area (Å²) in [6, 6.07) is 6.93. The number of hydrogen-bond donors (Lipinski definition) is 1. The van der Waals surface area contributed by atoms with Crippen molar-refractivity contribution in [3.63, 3.8) is 0 Å². The molecule has 1 aliphatic rings. The van der Waals surface area contributed by atoms with Crippen molar-refractivity contribution in [3.05, 3.63) is 46.8 Å². The van der Waals surface area contributed by atoms with E-state index in [0.717, 1.165) is 0 Å². The number of nitrogens with zero attached hydrogens (tertiary/aromatic N) is 1. The average molecular weight is 398 g/mol. The molecule has 0 fully saturated rings. The maximum atomic E-state index is 12.4. The van der Waals surface area contributed by atoms with Crippen LogP contribution < -0.4 is 9.64 Å². The Morgan fingerprint density at radius 3 is 2.62 bits per heavy atom. The number of aromatic nitrogens is 1. The molecule has 2 heterocycles. The monoisotopic (exact) mass is 398 g/mol. The van der Waals surface area contributed by atoms with Gasteiger partial charge in [0.05, 0.1) is 24.4 Å². The summed E-state index contributed by atoms with van der Waals surface area (Å²) >= 11 is 0. The number of nitrogens with one attached hydrogen (secondary N) is 1. The number of Topliss-reactive ketones (excluding diaryl/α,β-unsaturated/α-hetero) is 2. The molecule has 1 aromatic heterocycles. The third-order valence-corrected chi connectivity index (χ3v) is 4.75. The molecule has 8 heteroatoms. The Hall–Kier alpha value is -3.42. The Kier molecular flexibility index (Phi) is 5.81. The van der Waals surface area contributed by atoms with Crippen molar-refractivity contribution in [2.45, 2.75) is 27.2 Å². The summed E-state index contributed by atoms with van der Waals surface area (Å²) in [4.78, 5) is 53.0. The molecule has 0 saturated carbocycles. The van der Waals surface area contributed by atoms with E-state index in [9.17, 15) is 19.2 Å². The first-order valence-corrected chi connectivity index (χ1v) is 9.20. The van der Waals surface area contributed by atoms with Crippen molar-refractivity contribution in [1.82, 2.24) is 4.98 Å². The van der Waals surface area contributed by atoms with Crippen molar-refractivity contribution in [2.24, 2.45) is 0 Å². The summed E-state index contributed by atoms with van der Waals surface area (Å²) in [5.74, 6) is -1.06. The lowest BCUT2D eigenvalue weighted by atomic mass is 10.1. The molecule has 0 saturated heterocycles. The molecule has 29 heavy (non-hydrogen) atoms. The molecule has 0 atom stereocenters. The van der Waals surface area contributed by atoms with Crippen LogP contribution in [0.1, 0.15) is 45.4 Å². The van der Waals surface area contributed by atoms with E-state index >= 15 is 0 Å². The normalized spacial score (nSPS) is 13.3. The standard InChI is InChI=1S/C21H22N2O6/c1-12-20(14(3)24)13(2)22-21(12)16(25)11-29-19(27)10-23-15-6-4-5-7-17(15)28-9-8-18(23)26/h4-7,22H,8-11H2,1-3H3. The van der Waals surface area contributed by atoms with Gasteiger partial charge in [0.25, 0.3) is 0 Å². The summed E-state index contributed by atoms with van der Waals surface area (Å²) < 4.78 is 10.6. The van der Waals surface area contributed by atoms with Crippen LogP contribution >= 0.6 is 0 Å². The minimum Gasteiger partial charge on any atom is -0.491 e. The fraction of sp³-hybridized carbons (Fsp3) is 0.333. The molecule has 1 amide bonds. The fourth-order valence-electron chi connectivity index (χ4n) is 3.44. The number of para-hydroxylation sites is 2. The van der Waals surface area contributed by atoms with Gasteiger partial charge in [-0.25, -0.2) is 0 Å². The molecule has 1 N–H and O–H groups in total. The van der Waals surface area contributed by atoms with Crippen LogP contribution in [0.5, 0.6) is 5.75 Å². The molecule has 0 spiro atoms. The number of ketones is 2. The van der Waals surface area contributed by atoms with Crippen molar-refractivity contribution in [3.8, 4) is 5.75 Å². The Morgan fingerprint density at radius 1 is 1.21 bits per heavy atom. The van der Waals surface area contributed by atoms with Crippen molar-refractivity contribution in [2.75, 3.05) is 24.7 Å². The highest BCUT2D eigenvalue weighted by Gasteiger charge is 2.26. The lowest BCUT2D eigenvalue weighted by Gasteiger charge is -2.20. The fourth-order valence-corrected chi connectivity index (χ4v) is 3.44. The largest absolute Gasteiger partial charge is 0.491 e. The van der Waals surface area contributed by atoms with Gasteiger partial charge in [-0.15, -0.1) is 0 Å². The number of amides is 1. The van der Waals surface area contributed by atoms with E-state index in [1.807, 2.05) is 0 Å². The van der Waals surface area contributed by atoms with Gasteiger partial charge in [0.15, 0.2) is 12.4 Å². The second-order valence-electron chi connectivity index (χ2n) is 6.81. The van der Waals surface area contributed by atoms with Crippen LogP contribution in [-0.2, 0) is 14.3 Å². The van der Waals surface area contributed by atoms with E-state index in [4.69, 9.17) is 9.47 Å². The highest BCUT2D eigenvalue weighted by molar-refractivity contribution is 6.04. The summed E-state index contributed by atoms with van der Waals surface area (Å²) in [5.41, 5.74) is 2.32. The molecule has 152 valence electrons. The van der Waals surface area contributed by atoms with Gasteiger partial charge >= 0.3 is 5.97 Å². The minimum atomic E-state index is -0.712. The van der Waals surface area contributed by atoms with Gasteiger partial charge in [0.1, 0.15) is 12.3 Å². The van der Waals surface area contributed by atoms with Gasteiger partial charge in [-0.3, -0.25) is 24.1 Å². The maximum Gasteiger partial charge on any atom is 0.326 e. The number of rotatable bonds is 6. The first-order valence-electron chi connectivity index (χ1n) is 9.20. The second kappa shape index (κ2) is 8.30. The van der Waals surface area contributed by atoms with Gasteiger partial charge in [-0.05, 0) is 38.5 Å². The van der Waals surface area contributed by atoms with Gasteiger partial charge in [-0.2, -0.15) is 0 Å². The molecule has 0 radical (unpaired) electrons. The number of carbonyl (C=O) groups is 4. The Labute approximate surface area is 167 Å². The summed E-state index contributed by atoms with van der Waals surface area (Å²) in [6.07, 6.45) is 0.135. The SMILES string of the molecule is CC(=O)c1c(C)[nH]c(C(=O)COC(=O)CN2C(=O)CCOc3ccccc32)c1C. The first-order chi connectivity index (χ1) is 13.8. The minimum absolute atomic E-state index is 0.135. The Morgan fingerprint density at radius 2 is 1.93 bits per heavy atom. The number of aromatic amines is 1. The maximum absolute atomic E-state index is 12.4. The van der Waals surface area contributed by atoms with Crippen LogP contribution in [0.4, 0.5) is 5.69 Å². The summed E-state index contributed by atoms with van der Waals surface area (Å²) in [6.45, 7) is 4.21. The van der Waals surface area contributed by atoms with Gasteiger partial charge in [0.2, 0.25) is 11.7 Å². The summed E-state index contributed by atoms with van der Waals surface area (Å²) in [5, 5.41) is 0. The van der Waals surface area contributed by atoms with Gasteiger partial charge < -0.3 is 14.5 Å². The van der Waals surface area contributed by atoms with Crippen LogP contribution in [0.2, 0.25) is 0 Å². The van der Waals surface area contributed by atoms with E-state index in [-0.39, 0.29) is 37.0 Å². The molecular weight excluding hydrogens is 376 g/mol. The number of hydrogen-bond acceptors (Lipinski definition) is 6. The smallest absolute Gasteiger partial charge is 0.326 e. The molecule has 3 rings (SSSR count). The quantitative estimate of drug-likeness (QED) is 0.592. The number of H-pyrrole nitrogens is 1. The van der Waals surface area contributed by atoms with Crippen LogP contribution in [0.25, 0.3) is 0 Å². The molecule has 8 nitrogen and oxygen atoms in total. The number of carbonyl (C=O) groups excluding carboxylic acids is 4. The van der Waals surface area contributed by atoms with Crippen LogP contribution in [0.15, 0.2) is 24.3 Å². The van der Waals surface area contributed by atoms with E-state index in [1.54, 1.807) is 38.1 Å². The second-order valence-corrected chi connectivity index (χ2v) is 6.81. The van der Waals surface area contributed by atoms with Gasteiger partial charge in [-0.1, -0.05) is 12.1 Å². The predicted octanol–water partition coefficient (Wildman–Crippen LogP) is 2.38. The third-order valence-electron chi connectivity index (χ3n) is 4.75. The topological polar surface area (TPSA) is 106 Å². The highest BCUT2D eigenvalue weighted by atomic mass is 16.5. The van der Waals surface area contributed by atoms with Gasteiger partial charge in [0, 0.05) is 11.3 Å². The summed E-state index contributed by atoms with van der Waals surface area (Å²) in [7, 11) is 0. The van der Waals surface area contributed by atoms with E-state index in [1.165, 1.54) is 11.8 Å². The van der Waals surface area contributed by atoms with Crippen molar-refractivity contribution < 1.29 is 28.7 Å². The lowest BCUT2D eigenvalue weighted by molar-refractivity contribution is -0.141. The van der Waals surface area contributed by atoms with E-state index < -0.39 is 18.4 Å². The first kappa shape index (κ1) is 20.3. The molecule has 1 aromatic carbocycles. The zero-order valence-electron chi connectivity index (χ0n) is 16.5. The van der Waals surface area contributed by atoms with Crippen molar-refractivity contribution >= 4 is 29.1 Å². The zero-order chi connectivity index (χ0) is 21.1. The van der Waals surface area contributed by atoms with Crippen molar-refractivity contribution in [1.29, 1.82) is 0 Å². The number of aryl methyl sites for hydroxylation is 1. The number of benzene rings is 1. The Balaban J connectivity index is 1.67. The number of ether oxygens (including phenoxy) is 2. The molecule has 2 aromatic rings. The van der Waals surface area contributed by atoms with Crippen LogP contribution in [0, 0.1) is 13.8 Å². The molecule has 0 unspecified atom stereocenters. The third kappa shape index (κ3) is 4.21. The highest BCUT2D eigenvalue weighted by Crippen LogP contribution is 2.30. The molecule has 0 aliphatic carbocycles. The number of fused-ring (bicyclic) bond motifs is 1. The van der Waals surface area contributed by atoms with E-state index in [2.05, 4.69) is 4.98 Å². The Bertz CT molecular complexity index is 991. The molecule has 1 aliphatic heterocycles.